The fourth-order valence-corrected chi connectivity index (χ4v) is 3.06. The number of ether oxygens (including phenoxy) is 1. The third-order valence-electron chi connectivity index (χ3n) is 4.31. The van der Waals surface area contributed by atoms with E-state index >= 15 is 0 Å². The summed E-state index contributed by atoms with van der Waals surface area (Å²) in [6.07, 6.45) is 3.08. The van der Waals surface area contributed by atoms with E-state index < -0.39 is 17.2 Å². The Morgan fingerprint density at radius 2 is 1.93 bits per heavy atom. The average Bonchev–Trinajstić information content (AvgIpc) is 2.63. The maximum atomic E-state index is 13.0. The van der Waals surface area contributed by atoms with Crippen molar-refractivity contribution in [3.05, 3.63) is 56.6 Å². The molecule has 3 aromatic rings. The van der Waals surface area contributed by atoms with Gasteiger partial charge in [0.1, 0.15) is 5.65 Å². The van der Waals surface area contributed by atoms with Crippen molar-refractivity contribution in [1.29, 1.82) is 0 Å². The number of rotatable bonds is 3. The van der Waals surface area contributed by atoms with Crippen molar-refractivity contribution in [1.82, 2.24) is 14.1 Å². The number of fused-ring (bicyclic) bond motifs is 1. The van der Waals surface area contributed by atoms with Gasteiger partial charge in [0.15, 0.2) is 12.4 Å². The lowest BCUT2D eigenvalue weighted by Crippen LogP contribution is -2.38. The van der Waals surface area contributed by atoms with Gasteiger partial charge in [-0.1, -0.05) is 0 Å². The molecule has 0 atom stereocenters. The van der Waals surface area contributed by atoms with Crippen molar-refractivity contribution in [2.45, 2.75) is 26.9 Å². The van der Waals surface area contributed by atoms with Crippen LogP contribution in [0.2, 0.25) is 0 Å². The molecule has 27 heavy (non-hydrogen) atoms. The predicted octanol–water partition coefficient (Wildman–Crippen LogP) is 0.987. The summed E-state index contributed by atoms with van der Waals surface area (Å²) in [6.45, 7) is 5.16. The fraction of sp³-hybridized carbons (Fsp3) is 0.316. The molecule has 8 nitrogen and oxygen atoms in total. The Balaban J connectivity index is 2.57. The van der Waals surface area contributed by atoms with Gasteiger partial charge in [-0.3, -0.25) is 13.9 Å². The maximum absolute atomic E-state index is 13.0. The fourth-order valence-electron chi connectivity index (χ4n) is 3.06. The molecule has 140 valence electrons. The Morgan fingerprint density at radius 1 is 1.22 bits per heavy atom. The first-order valence-electron chi connectivity index (χ1n) is 8.51. The van der Waals surface area contributed by atoms with E-state index in [4.69, 9.17) is 4.74 Å². The number of hydrogen-bond donors (Lipinski definition) is 0. The first-order chi connectivity index (χ1) is 12.7. The number of nitrogens with zero attached hydrogens (tertiary/aromatic N) is 3. The number of carbonyl (C=O) groups excluding carboxylic acids is 1. The summed E-state index contributed by atoms with van der Waals surface area (Å²) in [5.74, 6) is -0.563. The van der Waals surface area contributed by atoms with Crippen molar-refractivity contribution in [2.75, 3.05) is 0 Å². The number of aromatic nitrogens is 4. The minimum absolute atomic E-state index is 0.195. The molecule has 0 spiro atoms. The Bertz CT molecular complexity index is 1160. The number of hydrogen-bond acceptors (Lipinski definition) is 5. The number of esters is 1. The molecule has 0 radical (unpaired) electrons. The molecule has 3 aromatic heterocycles. The molecule has 0 unspecified atom stereocenters. The molecule has 0 fully saturated rings. The van der Waals surface area contributed by atoms with Gasteiger partial charge >= 0.3 is 11.7 Å². The highest BCUT2D eigenvalue weighted by atomic mass is 16.5. The summed E-state index contributed by atoms with van der Waals surface area (Å²) in [6, 6.07) is 3.54. The monoisotopic (exact) mass is 369 g/mol. The molecule has 0 amide bonds. The van der Waals surface area contributed by atoms with Crippen molar-refractivity contribution < 1.29 is 14.5 Å². The van der Waals surface area contributed by atoms with Crippen LogP contribution in [0.25, 0.3) is 22.2 Å². The summed E-state index contributed by atoms with van der Waals surface area (Å²) in [7, 11) is 2.94. The van der Waals surface area contributed by atoms with E-state index in [1.807, 2.05) is 0 Å². The topological polar surface area (TPSA) is 97.3 Å². The SMILES string of the molecule is Cc1nc2c(c(-c3ccc[nH+]c3)c1C(=O)OC(C)C)c(=O)n(C)c(=O)n2C. The van der Waals surface area contributed by atoms with E-state index in [2.05, 4.69) is 9.97 Å². The zero-order valence-corrected chi connectivity index (χ0v) is 15.9. The van der Waals surface area contributed by atoms with E-state index in [1.54, 1.807) is 52.3 Å². The predicted molar refractivity (Wildman–Crippen MR) is 99.5 cm³/mol. The van der Waals surface area contributed by atoms with Crippen molar-refractivity contribution in [3.63, 3.8) is 0 Å². The number of nitrogens with one attached hydrogen (secondary N) is 1. The number of aromatic amines is 1. The van der Waals surface area contributed by atoms with Gasteiger partial charge in [-0.05, 0) is 26.8 Å². The number of pyridine rings is 2. The quantitative estimate of drug-likeness (QED) is 0.641. The third-order valence-corrected chi connectivity index (χ3v) is 4.31. The van der Waals surface area contributed by atoms with E-state index in [0.29, 0.717) is 16.8 Å². The first-order valence-corrected chi connectivity index (χ1v) is 8.51. The highest BCUT2D eigenvalue weighted by molar-refractivity contribution is 6.06. The molecule has 0 aliphatic carbocycles. The van der Waals surface area contributed by atoms with Crippen LogP contribution in [0.4, 0.5) is 0 Å². The Labute approximate surface area is 155 Å². The van der Waals surface area contributed by atoms with E-state index in [1.165, 1.54) is 11.6 Å². The summed E-state index contributed by atoms with van der Waals surface area (Å²) in [4.78, 5) is 45.4. The second kappa shape index (κ2) is 6.79. The lowest BCUT2D eigenvalue weighted by Gasteiger charge is -2.17. The van der Waals surface area contributed by atoms with Gasteiger partial charge in [0.05, 0.1) is 22.7 Å². The second-order valence-electron chi connectivity index (χ2n) is 6.60. The number of aryl methyl sites for hydroxylation is 2. The van der Waals surface area contributed by atoms with Crippen LogP contribution in [0.3, 0.4) is 0 Å². The molecule has 1 N–H and O–H groups in total. The van der Waals surface area contributed by atoms with Crippen LogP contribution in [0.1, 0.15) is 29.9 Å². The Morgan fingerprint density at radius 3 is 2.52 bits per heavy atom. The summed E-state index contributed by atoms with van der Waals surface area (Å²) < 4.78 is 7.70. The van der Waals surface area contributed by atoms with Crippen LogP contribution < -0.4 is 16.2 Å². The summed E-state index contributed by atoms with van der Waals surface area (Å²) in [5, 5.41) is 0.195. The van der Waals surface area contributed by atoms with Gasteiger partial charge in [0.25, 0.3) is 5.56 Å². The lowest BCUT2D eigenvalue weighted by atomic mass is 9.97. The van der Waals surface area contributed by atoms with Gasteiger partial charge in [-0.25, -0.2) is 19.6 Å². The normalized spacial score (nSPS) is 11.2. The molecule has 0 saturated carbocycles. The second-order valence-corrected chi connectivity index (χ2v) is 6.60. The number of carbonyl (C=O) groups is 1. The van der Waals surface area contributed by atoms with Crippen LogP contribution in [-0.4, -0.2) is 26.2 Å². The summed E-state index contributed by atoms with van der Waals surface area (Å²) in [5.41, 5.74) is 0.846. The standard InChI is InChI=1S/C19H20N4O4/c1-10(2)27-18(25)13-11(3)21-16-15(14(13)12-7-6-8-20-9-12)17(24)23(5)19(26)22(16)4/h6-10H,1-5H3/p+1. The summed E-state index contributed by atoms with van der Waals surface area (Å²) >= 11 is 0. The molecule has 0 aliphatic heterocycles. The first kappa shape index (κ1) is 18.5. The molecule has 3 heterocycles. The highest BCUT2D eigenvalue weighted by Crippen LogP contribution is 2.30. The van der Waals surface area contributed by atoms with Gasteiger partial charge in [-0.15, -0.1) is 0 Å². The van der Waals surface area contributed by atoms with E-state index in [-0.39, 0.29) is 22.7 Å². The van der Waals surface area contributed by atoms with Gasteiger partial charge < -0.3 is 4.74 Å². The molecule has 8 heteroatoms. The zero-order chi connectivity index (χ0) is 19.9. The molecular weight excluding hydrogens is 348 g/mol. The number of H-pyrrole nitrogens is 1. The third kappa shape index (κ3) is 3.03. The smallest absolute Gasteiger partial charge is 0.340 e. The molecule has 3 rings (SSSR count). The van der Waals surface area contributed by atoms with Crippen LogP contribution in [0.15, 0.2) is 34.1 Å². The van der Waals surface area contributed by atoms with Crippen LogP contribution in [-0.2, 0) is 18.8 Å². The average molecular weight is 369 g/mol. The zero-order valence-electron chi connectivity index (χ0n) is 15.9. The molecule has 0 bridgehead atoms. The van der Waals surface area contributed by atoms with Crippen molar-refractivity contribution >= 4 is 17.0 Å². The maximum Gasteiger partial charge on any atom is 0.340 e. The van der Waals surface area contributed by atoms with Crippen molar-refractivity contribution in [3.8, 4) is 11.1 Å². The molecule has 0 aliphatic rings. The lowest BCUT2D eigenvalue weighted by molar-refractivity contribution is -0.377. The van der Waals surface area contributed by atoms with Gasteiger partial charge in [0, 0.05) is 31.3 Å². The van der Waals surface area contributed by atoms with Crippen LogP contribution in [0.5, 0.6) is 0 Å². The molecular formula is C19H21N4O4+. The van der Waals surface area contributed by atoms with E-state index in [0.717, 1.165) is 4.57 Å². The molecule has 0 aromatic carbocycles. The minimum atomic E-state index is -0.563. The van der Waals surface area contributed by atoms with Crippen molar-refractivity contribution in [2.24, 2.45) is 14.1 Å². The van der Waals surface area contributed by atoms with Crippen LogP contribution in [0, 0.1) is 6.92 Å². The highest BCUT2D eigenvalue weighted by Gasteiger charge is 2.26. The van der Waals surface area contributed by atoms with Gasteiger partial charge in [0.2, 0.25) is 0 Å². The van der Waals surface area contributed by atoms with Crippen LogP contribution >= 0.6 is 0 Å². The Kier molecular flexibility index (Phi) is 4.65. The van der Waals surface area contributed by atoms with E-state index in [9.17, 15) is 14.4 Å². The molecule has 0 saturated heterocycles. The van der Waals surface area contributed by atoms with Gasteiger partial charge in [-0.2, -0.15) is 0 Å². The largest absolute Gasteiger partial charge is 0.459 e. The minimum Gasteiger partial charge on any atom is -0.459 e. The Hall–Kier alpha value is -3.29.